The van der Waals surface area contributed by atoms with E-state index in [2.05, 4.69) is 25.9 Å². The third-order valence-corrected chi connectivity index (χ3v) is 3.63. The number of carbonyl (C=O) groups is 1. The molecule has 2 aliphatic rings. The van der Waals surface area contributed by atoms with Crippen LogP contribution in [0.5, 0.6) is 0 Å². The van der Waals surface area contributed by atoms with Crippen LogP contribution in [0, 0.1) is 11.3 Å². The molecule has 2 unspecified atom stereocenters. The second kappa shape index (κ2) is 4.00. The summed E-state index contributed by atoms with van der Waals surface area (Å²) in [5.41, 5.74) is 0.130. The summed E-state index contributed by atoms with van der Waals surface area (Å²) in [7, 11) is 0. The van der Waals surface area contributed by atoms with Crippen molar-refractivity contribution in [1.29, 1.82) is 0 Å². The number of carbonyl (C=O) groups excluding carboxylic acids is 1. The first kappa shape index (κ1) is 12.4. The molecule has 0 aromatic carbocycles. The lowest BCUT2D eigenvalue weighted by Gasteiger charge is -2.27. The van der Waals surface area contributed by atoms with Gasteiger partial charge in [0.25, 0.3) is 0 Å². The fourth-order valence-electron chi connectivity index (χ4n) is 2.83. The monoisotopic (exact) mass is 239 g/mol. The summed E-state index contributed by atoms with van der Waals surface area (Å²) >= 11 is 0. The summed E-state index contributed by atoms with van der Waals surface area (Å²) in [5.74, 6) is -0.146. The largest absolute Gasteiger partial charge is 0.463 e. The Morgan fingerprint density at radius 2 is 2.29 bits per heavy atom. The molecule has 4 heteroatoms. The number of fused-ring (bicyclic) bond motifs is 1. The van der Waals surface area contributed by atoms with Crippen molar-refractivity contribution in [2.75, 3.05) is 6.61 Å². The Balaban J connectivity index is 2.25. The molecule has 2 rings (SSSR count). The lowest BCUT2D eigenvalue weighted by atomic mass is 9.76. The van der Waals surface area contributed by atoms with Gasteiger partial charge in [0.2, 0.25) is 5.60 Å². The summed E-state index contributed by atoms with van der Waals surface area (Å²) in [6.07, 6.45) is 2.69. The third-order valence-electron chi connectivity index (χ3n) is 3.63. The zero-order valence-corrected chi connectivity index (χ0v) is 11.1. The molecule has 1 saturated carbocycles. The molecule has 1 fully saturated rings. The number of hydrogen-bond donors (Lipinski definition) is 0. The lowest BCUT2D eigenvalue weighted by Crippen LogP contribution is -2.45. The molecular formula is C13H21NO3. The number of nitrogens with zero attached hydrogens (tertiary/aromatic N) is 1. The van der Waals surface area contributed by atoms with Crippen LogP contribution < -0.4 is 0 Å². The van der Waals surface area contributed by atoms with Gasteiger partial charge in [0.15, 0.2) is 0 Å². The maximum absolute atomic E-state index is 12.1. The van der Waals surface area contributed by atoms with Crippen molar-refractivity contribution in [2.45, 2.75) is 52.6 Å². The van der Waals surface area contributed by atoms with E-state index in [1.807, 2.05) is 6.92 Å². The summed E-state index contributed by atoms with van der Waals surface area (Å²) in [6, 6.07) is 0. The molecule has 0 radical (unpaired) electrons. The minimum absolute atomic E-state index is 0.0523. The minimum atomic E-state index is -0.821. The molecule has 0 N–H and O–H groups in total. The van der Waals surface area contributed by atoms with Gasteiger partial charge in [-0.2, -0.15) is 0 Å². The van der Waals surface area contributed by atoms with E-state index in [-0.39, 0.29) is 17.3 Å². The fourth-order valence-corrected chi connectivity index (χ4v) is 2.83. The zero-order valence-electron chi connectivity index (χ0n) is 11.1. The summed E-state index contributed by atoms with van der Waals surface area (Å²) < 4.78 is 5.15. The normalized spacial score (nSPS) is 31.8. The van der Waals surface area contributed by atoms with E-state index < -0.39 is 5.60 Å². The van der Waals surface area contributed by atoms with E-state index in [1.54, 1.807) is 0 Å². The van der Waals surface area contributed by atoms with Gasteiger partial charge in [0.05, 0.1) is 18.2 Å². The molecule has 96 valence electrons. The van der Waals surface area contributed by atoms with Crippen LogP contribution in [0.1, 0.15) is 47.0 Å². The predicted octanol–water partition coefficient (Wildman–Crippen LogP) is 2.52. The Hall–Kier alpha value is -1.06. The van der Waals surface area contributed by atoms with E-state index in [0.717, 1.165) is 25.0 Å². The maximum atomic E-state index is 12.1. The first-order valence-electron chi connectivity index (χ1n) is 6.35. The van der Waals surface area contributed by atoms with Gasteiger partial charge in [-0.05, 0) is 19.8 Å². The molecule has 4 nitrogen and oxygen atoms in total. The van der Waals surface area contributed by atoms with E-state index >= 15 is 0 Å². The Morgan fingerprint density at radius 3 is 2.88 bits per heavy atom. The van der Waals surface area contributed by atoms with Gasteiger partial charge in [-0.3, -0.25) is 0 Å². The molecule has 1 aliphatic carbocycles. The first-order chi connectivity index (χ1) is 7.92. The van der Waals surface area contributed by atoms with Crippen LogP contribution in [-0.2, 0) is 14.4 Å². The lowest BCUT2D eigenvalue weighted by molar-refractivity contribution is -0.171. The highest BCUT2D eigenvalue weighted by Crippen LogP contribution is 2.48. The fraction of sp³-hybridized carbons (Fsp3) is 0.846. The molecule has 17 heavy (non-hydrogen) atoms. The highest BCUT2D eigenvalue weighted by molar-refractivity contribution is 5.99. The van der Waals surface area contributed by atoms with Gasteiger partial charge in [0.1, 0.15) is 0 Å². The van der Waals surface area contributed by atoms with E-state index in [0.29, 0.717) is 6.61 Å². The average Bonchev–Trinajstić information content (AvgIpc) is 2.72. The number of rotatable bonds is 2. The highest BCUT2D eigenvalue weighted by atomic mass is 16.7. The summed E-state index contributed by atoms with van der Waals surface area (Å²) in [6.45, 7) is 8.53. The van der Waals surface area contributed by atoms with Gasteiger partial charge >= 0.3 is 5.97 Å². The third kappa shape index (κ3) is 1.83. The van der Waals surface area contributed by atoms with Gasteiger partial charge in [0, 0.05) is 11.8 Å². The van der Waals surface area contributed by atoms with Crippen LogP contribution in [0.15, 0.2) is 5.16 Å². The quantitative estimate of drug-likeness (QED) is 0.696. The van der Waals surface area contributed by atoms with Crippen molar-refractivity contribution in [3.05, 3.63) is 0 Å². The SMILES string of the molecule is CCOC(=O)C12CCCC1C(C(C)(C)C)=NO2. The topological polar surface area (TPSA) is 47.9 Å². The number of esters is 1. The van der Waals surface area contributed by atoms with Gasteiger partial charge < -0.3 is 9.57 Å². The Labute approximate surface area is 102 Å². The van der Waals surface area contributed by atoms with E-state index in [4.69, 9.17) is 9.57 Å². The van der Waals surface area contributed by atoms with Crippen molar-refractivity contribution in [2.24, 2.45) is 16.5 Å². The summed E-state index contributed by atoms with van der Waals surface area (Å²) in [5, 5.41) is 4.18. The van der Waals surface area contributed by atoms with Crippen LogP contribution in [0.3, 0.4) is 0 Å². The molecular weight excluding hydrogens is 218 g/mol. The van der Waals surface area contributed by atoms with Gasteiger partial charge in [-0.15, -0.1) is 0 Å². The smallest absolute Gasteiger partial charge is 0.354 e. The number of ether oxygens (including phenoxy) is 1. The molecule has 0 bridgehead atoms. The van der Waals surface area contributed by atoms with Crippen LogP contribution in [0.25, 0.3) is 0 Å². The van der Waals surface area contributed by atoms with Gasteiger partial charge in [-0.1, -0.05) is 25.9 Å². The first-order valence-corrected chi connectivity index (χ1v) is 6.35. The molecule has 0 aromatic heterocycles. The Bertz CT molecular complexity index is 356. The molecule has 2 atom stereocenters. The van der Waals surface area contributed by atoms with Crippen LogP contribution in [0.2, 0.25) is 0 Å². The average molecular weight is 239 g/mol. The van der Waals surface area contributed by atoms with Crippen molar-refractivity contribution < 1.29 is 14.4 Å². The maximum Gasteiger partial charge on any atom is 0.354 e. The Kier molecular flexibility index (Phi) is 2.92. The van der Waals surface area contributed by atoms with Gasteiger partial charge in [-0.25, -0.2) is 4.79 Å². The van der Waals surface area contributed by atoms with Crippen molar-refractivity contribution in [3.8, 4) is 0 Å². The standard InChI is InChI=1S/C13H21NO3/c1-5-16-11(15)13-8-6-7-9(13)10(14-17-13)12(2,3)4/h9H,5-8H2,1-4H3. The second-order valence-corrected chi connectivity index (χ2v) is 5.87. The summed E-state index contributed by atoms with van der Waals surface area (Å²) in [4.78, 5) is 17.6. The molecule has 0 amide bonds. The minimum Gasteiger partial charge on any atom is -0.463 e. The van der Waals surface area contributed by atoms with Crippen LogP contribution >= 0.6 is 0 Å². The van der Waals surface area contributed by atoms with Crippen LogP contribution in [-0.4, -0.2) is 23.9 Å². The van der Waals surface area contributed by atoms with Crippen molar-refractivity contribution >= 4 is 11.7 Å². The van der Waals surface area contributed by atoms with E-state index in [9.17, 15) is 4.79 Å². The number of hydrogen-bond acceptors (Lipinski definition) is 4. The number of oxime groups is 1. The van der Waals surface area contributed by atoms with E-state index in [1.165, 1.54) is 0 Å². The highest BCUT2D eigenvalue weighted by Gasteiger charge is 2.60. The zero-order chi connectivity index (χ0) is 12.7. The molecule has 1 heterocycles. The molecule has 1 aliphatic heterocycles. The van der Waals surface area contributed by atoms with Crippen molar-refractivity contribution in [1.82, 2.24) is 0 Å². The van der Waals surface area contributed by atoms with Crippen LogP contribution in [0.4, 0.5) is 0 Å². The molecule has 0 aromatic rings. The predicted molar refractivity (Wildman–Crippen MR) is 64.7 cm³/mol. The molecule has 0 spiro atoms. The van der Waals surface area contributed by atoms with Crippen molar-refractivity contribution in [3.63, 3.8) is 0 Å². The molecule has 0 saturated heterocycles. The Morgan fingerprint density at radius 1 is 1.59 bits per heavy atom. The second-order valence-electron chi connectivity index (χ2n) is 5.87.